The van der Waals surface area contributed by atoms with E-state index in [4.69, 9.17) is 4.74 Å². The fraction of sp³-hybridized carbons (Fsp3) is 0.533. The van der Waals surface area contributed by atoms with Crippen LogP contribution in [0.25, 0.3) is 0 Å². The number of aryl methyl sites for hydroxylation is 1. The van der Waals surface area contributed by atoms with E-state index in [2.05, 4.69) is 25.2 Å². The van der Waals surface area contributed by atoms with E-state index in [0.29, 0.717) is 19.7 Å². The number of ether oxygens (including phenoxy) is 1. The van der Waals surface area contributed by atoms with Gasteiger partial charge < -0.3 is 14.7 Å². The Bertz CT molecular complexity index is 719. The number of aromatic nitrogens is 5. The molecule has 24 heavy (non-hydrogen) atoms. The lowest BCUT2D eigenvalue weighted by molar-refractivity contribution is -0.138. The van der Waals surface area contributed by atoms with E-state index in [1.807, 2.05) is 12.3 Å². The predicted octanol–water partition coefficient (Wildman–Crippen LogP) is 0.446. The van der Waals surface area contributed by atoms with Crippen LogP contribution in [0.15, 0.2) is 18.6 Å². The summed E-state index contributed by atoms with van der Waals surface area (Å²) in [5.74, 6) is -0.0620. The molecule has 1 aliphatic rings. The van der Waals surface area contributed by atoms with E-state index in [1.165, 1.54) is 6.33 Å². The lowest BCUT2D eigenvalue weighted by Crippen LogP contribution is -2.22. The van der Waals surface area contributed by atoms with Gasteiger partial charge in [0, 0.05) is 45.4 Å². The van der Waals surface area contributed by atoms with Gasteiger partial charge in [0.25, 0.3) is 0 Å². The maximum atomic E-state index is 11.2. The summed E-state index contributed by atoms with van der Waals surface area (Å²) in [6.07, 6.45) is 3.44. The predicted molar refractivity (Wildman–Crippen MR) is 84.4 cm³/mol. The Morgan fingerprint density at radius 3 is 2.92 bits per heavy atom. The summed E-state index contributed by atoms with van der Waals surface area (Å²) in [6, 6.07) is 1.88. The minimum Gasteiger partial charge on any atom is -0.481 e. The molecule has 1 fully saturated rings. The summed E-state index contributed by atoms with van der Waals surface area (Å²) in [5.41, 5.74) is 1.61. The molecule has 1 saturated heterocycles. The van der Waals surface area contributed by atoms with Crippen LogP contribution in [-0.2, 0) is 23.2 Å². The molecule has 0 saturated carbocycles. The van der Waals surface area contributed by atoms with Crippen LogP contribution in [0.5, 0.6) is 0 Å². The molecule has 0 aromatic carbocycles. The van der Waals surface area contributed by atoms with E-state index in [-0.39, 0.29) is 18.3 Å². The van der Waals surface area contributed by atoms with Crippen LogP contribution in [0, 0.1) is 5.92 Å². The number of aliphatic carboxylic acids is 1. The average Bonchev–Trinajstić information content (AvgIpc) is 3.14. The number of hydrogen-bond donors (Lipinski definition) is 1. The molecule has 9 nitrogen and oxygen atoms in total. The minimum absolute atomic E-state index is 0.00985. The van der Waals surface area contributed by atoms with Crippen molar-refractivity contribution in [3.8, 4) is 0 Å². The van der Waals surface area contributed by atoms with E-state index < -0.39 is 5.97 Å². The fourth-order valence-corrected chi connectivity index (χ4v) is 3.15. The summed E-state index contributed by atoms with van der Waals surface area (Å²) < 4.78 is 6.74. The van der Waals surface area contributed by atoms with Gasteiger partial charge in [-0.3, -0.25) is 9.48 Å². The number of carboxylic acid groups (broad SMARTS) is 1. The first-order chi connectivity index (χ1) is 11.6. The minimum atomic E-state index is -0.807. The fourth-order valence-electron chi connectivity index (χ4n) is 3.15. The van der Waals surface area contributed by atoms with Gasteiger partial charge in [-0.15, -0.1) is 5.10 Å². The van der Waals surface area contributed by atoms with Crippen LogP contribution in [0.4, 0.5) is 5.82 Å². The number of methoxy groups -OCH3 is 1. The van der Waals surface area contributed by atoms with Crippen LogP contribution in [-0.4, -0.2) is 56.2 Å². The Morgan fingerprint density at radius 1 is 1.42 bits per heavy atom. The second kappa shape index (κ2) is 6.91. The first kappa shape index (κ1) is 16.3. The van der Waals surface area contributed by atoms with Crippen LogP contribution < -0.4 is 4.90 Å². The monoisotopic (exact) mass is 332 g/mol. The normalized spacial score (nSPS) is 20.5. The number of carboxylic acids is 1. The van der Waals surface area contributed by atoms with Gasteiger partial charge in [-0.25, -0.2) is 9.97 Å². The van der Waals surface area contributed by atoms with Crippen LogP contribution in [0.2, 0.25) is 0 Å². The van der Waals surface area contributed by atoms with E-state index in [0.717, 1.165) is 17.2 Å². The summed E-state index contributed by atoms with van der Waals surface area (Å²) in [5, 5.41) is 17.4. The van der Waals surface area contributed by atoms with Crippen molar-refractivity contribution in [1.82, 2.24) is 25.0 Å². The van der Waals surface area contributed by atoms with Crippen molar-refractivity contribution in [1.29, 1.82) is 0 Å². The number of hydrogen-bond acceptors (Lipinski definition) is 7. The van der Waals surface area contributed by atoms with E-state index >= 15 is 0 Å². The Balaban J connectivity index is 1.83. The smallest absolute Gasteiger partial charge is 0.303 e. The van der Waals surface area contributed by atoms with Crippen molar-refractivity contribution in [3.63, 3.8) is 0 Å². The summed E-state index contributed by atoms with van der Waals surface area (Å²) in [4.78, 5) is 21.8. The second-order valence-electron chi connectivity index (χ2n) is 5.99. The van der Waals surface area contributed by atoms with Gasteiger partial charge in [-0.1, -0.05) is 5.21 Å². The van der Waals surface area contributed by atoms with Crippen LogP contribution in [0.3, 0.4) is 0 Å². The van der Waals surface area contributed by atoms with Crippen molar-refractivity contribution in [2.75, 3.05) is 25.1 Å². The van der Waals surface area contributed by atoms with E-state index in [9.17, 15) is 9.90 Å². The molecule has 0 unspecified atom stereocenters. The zero-order valence-corrected chi connectivity index (χ0v) is 13.7. The lowest BCUT2D eigenvalue weighted by atomic mass is 9.91. The zero-order valence-electron chi connectivity index (χ0n) is 13.7. The molecule has 2 aromatic rings. The molecule has 0 radical (unpaired) electrons. The maximum Gasteiger partial charge on any atom is 0.303 e. The molecule has 0 amide bonds. The van der Waals surface area contributed by atoms with Gasteiger partial charge in [-0.2, -0.15) is 0 Å². The number of carbonyl (C=O) groups is 1. The molecule has 128 valence electrons. The molecule has 0 aliphatic carbocycles. The quantitative estimate of drug-likeness (QED) is 0.812. The van der Waals surface area contributed by atoms with Gasteiger partial charge in [0.15, 0.2) is 0 Å². The van der Waals surface area contributed by atoms with Gasteiger partial charge >= 0.3 is 5.97 Å². The maximum absolute atomic E-state index is 11.2. The third-order valence-corrected chi connectivity index (χ3v) is 4.20. The summed E-state index contributed by atoms with van der Waals surface area (Å²) in [7, 11) is 3.42. The largest absolute Gasteiger partial charge is 0.481 e. The van der Waals surface area contributed by atoms with Gasteiger partial charge in [0.05, 0.1) is 24.4 Å². The highest BCUT2D eigenvalue weighted by Gasteiger charge is 2.37. The highest BCUT2D eigenvalue weighted by molar-refractivity contribution is 5.67. The topological polar surface area (TPSA) is 106 Å². The molecule has 0 bridgehead atoms. The molecule has 3 heterocycles. The highest BCUT2D eigenvalue weighted by Crippen LogP contribution is 2.35. The molecule has 9 heteroatoms. The Labute approximate surface area is 139 Å². The molecule has 3 rings (SSSR count). The molecule has 0 spiro atoms. The third-order valence-electron chi connectivity index (χ3n) is 4.20. The molecule has 1 N–H and O–H groups in total. The van der Waals surface area contributed by atoms with Crippen molar-refractivity contribution < 1.29 is 14.6 Å². The zero-order chi connectivity index (χ0) is 17.1. The Morgan fingerprint density at radius 2 is 2.25 bits per heavy atom. The molecule has 2 aromatic heterocycles. The first-order valence-electron chi connectivity index (χ1n) is 7.69. The third kappa shape index (κ3) is 3.51. The average molecular weight is 332 g/mol. The Kier molecular flexibility index (Phi) is 4.70. The van der Waals surface area contributed by atoms with Gasteiger partial charge in [-0.05, 0) is 5.92 Å². The van der Waals surface area contributed by atoms with Crippen molar-refractivity contribution in [2.24, 2.45) is 13.0 Å². The number of rotatable bonds is 6. The van der Waals surface area contributed by atoms with Gasteiger partial charge in [0.2, 0.25) is 0 Å². The highest BCUT2D eigenvalue weighted by atomic mass is 16.5. The number of anilines is 1. The Hall–Kier alpha value is -2.55. The van der Waals surface area contributed by atoms with Gasteiger partial charge in [0.1, 0.15) is 12.1 Å². The first-order valence-corrected chi connectivity index (χ1v) is 7.69. The second-order valence-corrected chi connectivity index (χ2v) is 5.99. The molecule has 2 atom stereocenters. The standard InChI is InChI=1S/C15H20N6O3/c1-20-7-13(18-19-20)12-6-21(5-10(12)3-15(22)23)14-4-11(8-24-2)16-9-17-14/h4,7,9-10,12H,3,5-6,8H2,1-2H3,(H,22,23)/t10-,12+/m0/s1. The molecular formula is C15H20N6O3. The molecular weight excluding hydrogens is 312 g/mol. The van der Waals surface area contributed by atoms with Crippen molar-refractivity contribution >= 4 is 11.8 Å². The SMILES string of the molecule is COCc1cc(N2C[C@H](CC(=O)O)[C@H](c3cn(C)nn3)C2)ncn1. The molecule has 1 aliphatic heterocycles. The number of nitrogens with zero attached hydrogens (tertiary/aromatic N) is 6. The van der Waals surface area contributed by atoms with E-state index in [1.54, 1.807) is 18.8 Å². The van der Waals surface area contributed by atoms with Crippen molar-refractivity contribution in [3.05, 3.63) is 30.0 Å². The van der Waals surface area contributed by atoms with Crippen molar-refractivity contribution in [2.45, 2.75) is 18.9 Å². The lowest BCUT2D eigenvalue weighted by Gasteiger charge is -2.17. The summed E-state index contributed by atoms with van der Waals surface area (Å²) >= 11 is 0. The summed E-state index contributed by atoms with van der Waals surface area (Å²) in [6.45, 7) is 1.67. The van der Waals surface area contributed by atoms with Crippen LogP contribution >= 0.6 is 0 Å². The van der Waals surface area contributed by atoms with Crippen LogP contribution in [0.1, 0.15) is 23.7 Å².